The molecule has 4 aromatic rings. The number of aromatic nitrogens is 3. The minimum Gasteiger partial charge on any atom is -0.352 e. The zero-order valence-corrected chi connectivity index (χ0v) is 16.8. The first-order valence-corrected chi connectivity index (χ1v) is 11.1. The number of halogens is 3. The van der Waals surface area contributed by atoms with Crippen LogP contribution in [0.5, 0.6) is 0 Å². The van der Waals surface area contributed by atoms with Crippen LogP contribution in [0.25, 0.3) is 22.2 Å². The van der Waals surface area contributed by atoms with Gasteiger partial charge in [-0.1, -0.05) is 0 Å². The summed E-state index contributed by atoms with van der Waals surface area (Å²) in [5, 5.41) is 0.301. The molecule has 2 aromatic heterocycles. The third kappa shape index (κ3) is 3.51. The molecule has 31 heavy (non-hydrogen) atoms. The van der Waals surface area contributed by atoms with E-state index in [9.17, 15) is 21.6 Å². The van der Waals surface area contributed by atoms with Crippen LogP contribution in [0.15, 0.2) is 53.9 Å². The summed E-state index contributed by atoms with van der Waals surface area (Å²) in [4.78, 5) is 9.38. The Balaban J connectivity index is 1.49. The minimum atomic E-state index is -3.75. The fraction of sp³-hybridized carbons (Fsp3) is 0.190. The molecule has 2 aromatic carbocycles. The first-order valence-electron chi connectivity index (χ1n) is 9.59. The average molecular weight is 446 g/mol. The van der Waals surface area contributed by atoms with Crippen LogP contribution in [0.3, 0.4) is 0 Å². The van der Waals surface area contributed by atoms with Crippen LogP contribution in [0, 0.1) is 17.5 Å². The molecule has 3 N–H and O–H groups in total. The van der Waals surface area contributed by atoms with E-state index in [1.165, 1.54) is 30.7 Å². The van der Waals surface area contributed by atoms with Crippen molar-refractivity contribution in [3.05, 3.63) is 71.9 Å². The molecule has 1 saturated carbocycles. The van der Waals surface area contributed by atoms with Gasteiger partial charge in [-0.15, -0.1) is 0 Å². The lowest BCUT2D eigenvalue weighted by Crippen LogP contribution is -2.43. The van der Waals surface area contributed by atoms with Crippen LogP contribution >= 0.6 is 0 Å². The highest BCUT2D eigenvalue weighted by molar-refractivity contribution is 7.89. The molecule has 0 aliphatic heterocycles. The topological polar surface area (TPSA) is 90.6 Å². The summed E-state index contributed by atoms with van der Waals surface area (Å²) < 4.78 is 69.2. The molecule has 0 saturated heterocycles. The second-order valence-corrected chi connectivity index (χ2v) is 9.29. The largest absolute Gasteiger partial charge is 0.352 e. The van der Waals surface area contributed by atoms with E-state index in [4.69, 9.17) is 0 Å². The van der Waals surface area contributed by atoms with Crippen LogP contribution in [-0.4, -0.2) is 29.4 Å². The monoisotopic (exact) mass is 446 g/mol. The summed E-state index contributed by atoms with van der Waals surface area (Å²) in [5.74, 6) is -1.97. The smallest absolute Gasteiger partial charge is 0.259 e. The molecule has 160 valence electrons. The van der Waals surface area contributed by atoms with Crippen molar-refractivity contribution < 1.29 is 21.6 Å². The van der Waals surface area contributed by atoms with Crippen molar-refractivity contribution in [2.45, 2.75) is 29.8 Å². The number of aromatic amines is 2. The molecular formula is C21H17F3N4O2S. The first-order chi connectivity index (χ1) is 14.8. The molecule has 0 atom stereocenters. The van der Waals surface area contributed by atoms with Gasteiger partial charge in [0.15, 0.2) is 5.03 Å². The highest BCUT2D eigenvalue weighted by Gasteiger charge is 2.37. The lowest BCUT2D eigenvalue weighted by molar-refractivity contribution is 0.328. The van der Waals surface area contributed by atoms with Gasteiger partial charge in [-0.25, -0.2) is 31.3 Å². The van der Waals surface area contributed by atoms with E-state index in [0.717, 1.165) is 6.07 Å². The van der Waals surface area contributed by atoms with Crippen molar-refractivity contribution in [2.75, 3.05) is 0 Å². The van der Waals surface area contributed by atoms with Crippen molar-refractivity contribution in [1.82, 2.24) is 19.7 Å². The van der Waals surface area contributed by atoms with Crippen LogP contribution in [0.1, 0.15) is 24.3 Å². The predicted molar refractivity (Wildman–Crippen MR) is 108 cm³/mol. The van der Waals surface area contributed by atoms with Gasteiger partial charge in [-0.2, -0.15) is 0 Å². The summed E-state index contributed by atoms with van der Waals surface area (Å²) in [7, 11) is -3.75. The summed E-state index contributed by atoms with van der Waals surface area (Å²) in [6.07, 6.45) is 3.46. The molecule has 1 aliphatic rings. The van der Waals surface area contributed by atoms with Gasteiger partial charge in [-0.05, 0) is 60.2 Å². The van der Waals surface area contributed by atoms with E-state index in [0.29, 0.717) is 35.0 Å². The maximum atomic E-state index is 14.4. The number of hydrogen-bond donors (Lipinski definition) is 3. The molecule has 0 amide bonds. The van der Waals surface area contributed by atoms with Crippen molar-refractivity contribution in [1.29, 1.82) is 0 Å². The van der Waals surface area contributed by atoms with Crippen molar-refractivity contribution in [3.8, 4) is 11.3 Å². The molecule has 0 unspecified atom stereocenters. The molecule has 5 rings (SSSR count). The van der Waals surface area contributed by atoms with Gasteiger partial charge < -0.3 is 9.97 Å². The second kappa shape index (κ2) is 7.24. The van der Waals surface area contributed by atoms with E-state index in [-0.39, 0.29) is 22.5 Å². The number of benzene rings is 2. The fourth-order valence-corrected chi connectivity index (χ4v) is 5.30. The third-order valence-corrected chi connectivity index (χ3v) is 7.03. The zero-order chi connectivity index (χ0) is 21.8. The van der Waals surface area contributed by atoms with Crippen molar-refractivity contribution >= 4 is 20.9 Å². The maximum absolute atomic E-state index is 14.4. The van der Waals surface area contributed by atoms with Crippen LogP contribution in [-0.2, 0) is 10.0 Å². The Kier molecular flexibility index (Phi) is 4.63. The molecule has 0 bridgehead atoms. The highest BCUT2D eigenvalue weighted by Crippen LogP contribution is 2.46. The molecular weight excluding hydrogens is 429 g/mol. The minimum absolute atomic E-state index is 0.0980. The molecule has 0 radical (unpaired) electrons. The van der Waals surface area contributed by atoms with E-state index >= 15 is 0 Å². The number of sulfonamides is 1. The lowest BCUT2D eigenvalue weighted by Gasteiger charge is -2.36. The van der Waals surface area contributed by atoms with Crippen molar-refractivity contribution in [3.63, 3.8) is 0 Å². The van der Waals surface area contributed by atoms with Gasteiger partial charge in [0.2, 0.25) is 0 Å². The number of fused-ring (bicyclic) bond motifs is 1. The number of nitrogens with one attached hydrogen (secondary N) is 3. The van der Waals surface area contributed by atoms with Crippen molar-refractivity contribution in [2.24, 2.45) is 0 Å². The first kappa shape index (κ1) is 19.8. The fourth-order valence-electron chi connectivity index (χ4n) is 4.13. The van der Waals surface area contributed by atoms with Gasteiger partial charge in [-0.3, -0.25) is 0 Å². The standard InChI is InChI=1S/C21H17F3N4O2S/c22-13-3-1-11(2-4-13)20-19(16-7-14(23)8-17(24)21(16)27-20)12-5-15(6-12)28-31(29,30)18-9-25-10-26-18/h1-4,7-10,12,15,27-28H,5-6H2,(H,25,26)/t12-,15+. The summed E-state index contributed by atoms with van der Waals surface area (Å²) >= 11 is 0. The second-order valence-electron chi connectivity index (χ2n) is 7.62. The highest BCUT2D eigenvalue weighted by atomic mass is 32.2. The van der Waals surface area contributed by atoms with E-state index in [1.807, 2.05) is 0 Å². The molecule has 1 aliphatic carbocycles. The lowest BCUT2D eigenvalue weighted by atomic mass is 9.74. The van der Waals surface area contributed by atoms with E-state index in [1.54, 1.807) is 12.1 Å². The number of hydrogen-bond acceptors (Lipinski definition) is 3. The molecule has 0 spiro atoms. The van der Waals surface area contributed by atoms with E-state index in [2.05, 4.69) is 19.7 Å². The normalized spacial score (nSPS) is 18.9. The quantitative estimate of drug-likeness (QED) is 0.429. The van der Waals surface area contributed by atoms with Crippen LogP contribution in [0.2, 0.25) is 0 Å². The van der Waals surface area contributed by atoms with Gasteiger partial charge in [0.1, 0.15) is 17.5 Å². The average Bonchev–Trinajstić information content (AvgIpc) is 3.34. The Morgan fingerprint density at radius 1 is 1.03 bits per heavy atom. The number of H-pyrrole nitrogens is 2. The number of imidazole rings is 1. The Labute approximate surface area is 175 Å². The summed E-state index contributed by atoms with van der Waals surface area (Å²) in [6, 6.07) is 7.45. The molecule has 6 nitrogen and oxygen atoms in total. The molecule has 1 fully saturated rings. The third-order valence-electron chi connectivity index (χ3n) is 5.61. The van der Waals surface area contributed by atoms with Crippen LogP contribution < -0.4 is 4.72 Å². The Morgan fingerprint density at radius 3 is 2.45 bits per heavy atom. The van der Waals surface area contributed by atoms with Gasteiger partial charge >= 0.3 is 0 Å². The van der Waals surface area contributed by atoms with E-state index < -0.39 is 27.5 Å². The Morgan fingerprint density at radius 2 is 1.77 bits per heavy atom. The molecule has 2 heterocycles. The number of nitrogens with zero attached hydrogens (tertiary/aromatic N) is 1. The predicted octanol–water partition coefficient (Wildman–Crippen LogP) is 4.20. The van der Waals surface area contributed by atoms with Gasteiger partial charge in [0.05, 0.1) is 17.5 Å². The Bertz CT molecular complexity index is 1360. The van der Waals surface area contributed by atoms with Crippen LogP contribution in [0.4, 0.5) is 13.2 Å². The van der Waals surface area contributed by atoms with Gasteiger partial charge in [0, 0.05) is 23.7 Å². The van der Waals surface area contributed by atoms with Gasteiger partial charge in [0.25, 0.3) is 10.0 Å². The summed E-state index contributed by atoms with van der Waals surface area (Å²) in [6.45, 7) is 0. The number of rotatable bonds is 5. The Hall–Kier alpha value is -3.11. The zero-order valence-electron chi connectivity index (χ0n) is 16.0. The summed E-state index contributed by atoms with van der Waals surface area (Å²) in [5.41, 5.74) is 2.05. The maximum Gasteiger partial charge on any atom is 0.259 e. The molecule has 10 heteroatoms. The SMILES string of the molecule is O=S(=O)(N[C@H]1C[C@@H](c2c(-c3ccc(F)cc3)[nH]c3c(F)cc(F)cc32)C1)c1c[nH]cn1.